The third-order valence-electron chi connectivity index (χ3n) is 5.19. The van der Waals surface area contributed by atoms with E-state index in [9.17, 15) is 4.79 Å². The average Bonchev–Trinajstić information content (AvgIpc) is 3.30. The van der Waals surface area contributed by atoms with Gasteiger partial charge in [-0.1, -0.05) is 6.07 Å². The first-order valence-corrected chi connectivity index (χ1v) is 8.91. The van der Waals surface area contributed by atoms with Crippen LogP contribution in [0.1, 0.15) is 28.1 Å². The predicted molar refractivity (Wildman–Crippen MR) is 90.6 cm³/mol. The topological polar surface area (TPSA) is 55.6 Å². The number of rotatable bonds is 1. The average molecular weight is 340 g/mol. The summed E-state index contributed by atoms with van der Waals surface area (Å²) in [5.41, 5.74) is 2.01. The Labute approximate surface area is 142 Å². The molecule has 0 saturated carbocycles. The minimum absolute atomic E-state index is 0.0173. The van der Waals surface area contributed by atoms with Crippen molar-refractivity contribution in [1.29, 1.82) is 0 Å². The smallest absolute Gasteiger partial charge is 0.264 e. The van der Waals surface area contributed by atoms with Crippen molar-refractivity contribution in [2.24, 2.45) is 0 Å². The number of furan rings is 1. The molecular weight excluding hydrogens is 324 g/mol. The highest BCUT2D eigenvalue weighted by atomic mass is 32.1. The summed E-state index contributed by atoms with van der Waals surface area (Å²) in [5.74, 6) is 0.863. The molecule has 0 unspecified atom stereocenters. The fourth-order valence-electron chi connectivity index (χ4n) is 3.77. The Balaban J connectivity index is 1.35. The van der Waals surface area contributed by atoms with Crippen molar-refractivity contribution in [3.05, 3.63) is 47.2 Å². The van der Waals surface area contributed by atoms with Crippen LogP contribution in [-0.2, 0) is 5.41 Å². The van der Waals surface area contributed by atoms with E-state index in [1.807, 2.05) is 23.1 Å². The van der Waals surface area contributed by atoms with E-state index in [0.29, 0.717) is 6.61 Å². The van der Waals surface area contributed by atoms with Crippen molar-refractivity contribution < 1.29 is 13.9 Å². The lowest BCUT2D eigenvalue weighted by molar-refractivity contribution is 0.0651. The number of piperidine rings is 1. The summed E-state index contributed by atoms with van der Waals surface area (Å²) in [6.45, 7) is 2.17. The lowest BCUT2D eigenvalue weighted by Gasteiger charge is -2.38. The number of hydrogen-bond donors (Lipinski definition) is 0. The zero-order valence-corrected chi connectivity index (χ0v) is 13.8. The van der Waals surface area contributed by atoms with Crippen LogP contribution in [0.25, 0.3) is 10.3 Å². The lowest BCUT2D eigenvalue weighted by Crippen LogP contribution is -2.45. The van der Waals surface area contributed by atoms with Crippen LogP contribution in [0.4, 0.5) is 0 Å². The predicted octanol–water partition coefficient (Wildman–Crippen LogP) is 3.46. The van der Waals surface area contributed by atoms with Gasteiger partial charge in [0.05, 0.1) is 22.4 Å². The zero-order valence-electron chi connectivity index (χ0n) is 13.0. The molecule has 1 amide bonds. The van der Waals surface area contributed by atoms with Crippen molar-refractivity contribution in [3.8, 4) is 5.88 Å². The number of fused-ring (bicyclic) bond motifs is 3. The largest absolute Gasteiger partial charge is 0.476 e. The maximum absolute atomic E-state index is 12.8. The number of amides is 1. The van der Waals surface area contributed by atoms with Gasteiger partial charge in [0.2, 0.25) is 5.88 Å². The molecule has 0 aliphatic carbocycles. The summed E-state index contributed by atoms with van der Waals surface area (Å²) >= 11 is 1.50. The number of carbonyl (C=O) groups excluding carboxylic acids is 1. The molecule has 0 radical (unpaired) electrons. The van der Waals surface area contributed by atoms with Gasteiger partial charge in [0, 0.05) is 36.3 Å². The van der Waals surface area contributed by atoms with Gasteiger partial charge in [-0.05, 0) is 25.0 Å². The Morgan fingerprint density at radius 1 is 1.29 bits per heavy atom. The fourth-order valence-corrected chi connectivity index (χ4v) is 4.72. The highest BCUT2D eigenvalue weighted by Crippen LogP contribution is 2.44. The van der Waals surface area contributed by atoms with Crippen molar-refractivity contribution in [2.45, 2.75) is 18.3 Å². The van der Waals surface area contributed by atoms with E-state index in [4.69, 9.17) is 9.15 Å². The van der Waals surface area contributed by atoms with Gasteiger partial charge in [0.25, 0.3) is 5.91 Å². The quantitative estimate of drug-likeness (QED) is 0.681. The van der Waals surface area contributed by atoms with E-state index in [-0.39, 0.29) is 11.3 Å². The van der Waals surface area contributed by atoms with Crippen LogP contribution >= 0.6 is 11.3 Å². The van der Waals surface area contributed by atoms with Crippen LogP contribution in [0.2, 0.25) is 0 Å². The molecule has 3 aromatic heterocycles. The molecular formula is C18H16N2O3S. The monoisotopic (exact) mass is 340 g/mol. The number of thiophene rings is 1. The first-order chi connectivity index (χ1) is 11.8. The van der Waals surface area contributed by atoms with Crippen molar-refractivity contribution in [1.82, 2.24) is 9.88 Å². The van der Waals surface area contributed by atoms with E-state index < -0.39 is 0 Å². The SMILES string of the molecule is O=C(c1cc2occc2s1)N1CCC2(CC1)COc1ncccc12. The van der Waals surface area contributed by atoms with Gasteiger partial charge in [-0.25, -0.2) is 4.98 Å². The summed E-state index contributed by atoms with van der Waals surface area (Å²) in [6, 6.07) is 7.83. The van der Waals surface area contributed by atoms with Gasteiger partial charge in [-0.15, -0.1) is 11.3 Å². The second-order valence-corrected chi connectivity index (χ2v) is 7.56. The van der Waals surface area contributed by atoms with Crippen LogP contribution in [0.5, 0.6) is 5.88 Å². The number of nitrogens with zero attached hydrogens (tertiary/aromatic N) is 2. The number of hydrogen-bond acceptors (Lipinski definition) is 5. The molecule has 2 aliphatic heterocycles. The number of ether oxygens (including phenoxy) is 1. The molecule has 0 bridgehead atoms. The molecule has 2 aliphatic rings. The number of carbonyl (C=O) groups is 1. The Hall–Kier alpha value is -2.34. The second-order valence-electron chi connectivity index (χ2n) is 6.48. The van der Waals surface area contributed by atoms with Crippen molar-refractivity contribution in [2.75, 3.05) is 19.7 Å². The Kier molecular flexibility index (Phi) is 2.97. The van der Waals surface area contributed by atoms with E-state index in [2.05, 4.69) is 11.1 Å². The first-order valence-electron chi connectivity index (χ1n) is 8.10. The molecule has 5 nitrogen and oxygen atoms in total. The van der Waals surface area contributed by atoms with Crippen LogP contribution < -0.4 is 4.74 Å². The molecule has 6 heteroatoms. The minimum Gasteiger partial charge on any atom is -0.476 e. The minimum atomic E-state index is 0.0173. The van der Waals surface area contributed by atoms with E-state index in [1.165, 1.54) is 16.9 Å². The second kappa shape index (κ2) is 5.08. The third-order valence-corrected chi connectivity index (χ3v) is 6.26. The number of likely N-dealkylation sites (tertiary alicyclic amines) is 1. The summed E-state index contributed by atoms with van der Waals surface area (Å²) in [5, 5.41) is 0. The fraction of sp³-hybridized carbons (Fsp3) is 0.333. The van der Waals surface area contributed by atoms with Gasteiger partial charge in [0.1, 0.15) is 5.58 Å². The highest BCUT2D eigenvalue weighted by molar-refractivity contribution is 7.20. The molecule has 1 saturated heterocycles. The molecule has 0 N–H and O–H groups in total. The van der Waals surface area contributed by atoms with E-state index >= 15 is 0 Å². The first kappa shape index (κ1) is 14.0. The molecule has 3 aromatic rings. The zero-order chi connectivity index (χ0) is 16.1. The van der Waals surface area contributed by atoms with Crippen molar-refractivity contribution in [3.63, 3.8) is 0 Å². The van der Waals surface area contributed by atoms with Crippen molar-refractivity contribution >= 4 is 27.5 Å². The summed E-state index contributed by atoms with van der Waals surface area (Å²) < 4.78 is 12.2. The van der Waals surface area contributed by atoms with Gasteiger partial charge in [-0.3, -0.25) is 4.79 Å². The van der Waals surface area contributed by atoms with Gasteiger partial charge >= 0.3 is 0 Å². The maximum Gasteiger partial charge on any atom is 0.264 e. The van der Waals surface area contributed by atoms with Crippen LogP contribution in [0.3, 0.4) is 0 Å². The Morgan fingerprint density at radius 2 is 2.17 bits per heavy atom. The third kappa shape index (κ3) is 1.99. The van der Waals surface area contributed by atoms with E-state index in [1.54, 1.807) is 12.5 Å². The molecule has 1 spiro atoms. The van der Waals surface area contributed by atoms with Gasteiger partial charge < -0.3 is 14.1 Å². The normalized spacial score (nSPS) is 18.8. The Bertz CT molecular complexity index is 893. The summed E-state index contributed by atoms with van der Waals surface area (Å²) in [4.78, 5) is 19.8. The van der Waals surface area contributed by atoms with E-state index in [0.717, 1.165) is 47.0 Å². The highest BCUT2D eigenvalue weighted by Gasteiger charge is 2.44. The number of aromatic nitrogens is 1. The molecule has 0 aromatic carbocycles. The molecule has 122 valence electrons. The van der Waals surface area contributed by atoms with Gasteiger partial charge in [0.15, 0.2) is 0 Å². The summed E-state index contributed by atoms with van der Waals surface area (Å²) in [7, 11) is 0. The molecule has 1 fully saturated rings. The van der Waals surface area contributed by atoms with Crippen LogP contribution in [0, 0.1) is 0 Å². The molecule has 5 rings (SSSR count). The molecule has 5 heterocycles. The molecule has 0 atom stereocenters. The molecule has 24 heavy (non-hydrogen) atoms. The number of pyridine rings is 1. The summed E-state index contributed by atoms with van der Waals surface area (Å²) in [6.07, 6.45) is 5.26. The van der Waals surface area contributed by atoms with Crippen LogP contribution in [-0.4, -0.2) is 35.5 Å². The maximum atomic E-state index is 12.8. The lowest BCUT2D eigenvalue weighted by atomic mass is 9.75. The Morgan fingerprint density at radius 3 is 3.00 bits per heavy atom. The van der Waals surface area contributed by atoms with Crippen LogP contribution in [0.15, 0.2) is 41.1 Å². The standard InChI is InChI=1S/C18H16N2O3S/c21-17(15-10-13-14(24-15)3-9-22-13)20-7-4-18(5-8-20)11-23-16-12(18)2-1-6-19-16/h1-3,6,9-10H,4-5,7-8,11H2. The van der Waals surface area contributed by atoms with Gasteiger partial charge in [-0.2, -0.15) is 0 Å².